The van der Waals surface area contributed by atoms with E-state index < -0.39 is 0 Å². The van der Waals surface area contributed by atoms with Crippen LogP contribution in [0.1, 0.15) is 34.6 Å². The predicted octanol–water partition coefficient (Wildman–Crippen LogP) is 1.97. The van der Waals surface area contributed by atoms with Gasteiger partial charge in [-0.25, -0.2) is 4.79 Å². The van der Waals surface area contributed by atoms with E-state index in [1.54, 1.807) is 0 Å². The minimum absolute atomic E-state index is 0.0323. The van der Waals surface area contributed by atoms with Gasteiger partial charge in [-0.2, -0.15) is 0 Å². The molecule has 0 bridgehead atoms. The zero-order valence-corrected chi connectivity index (χ0v) is 7.76. The fourth-order valence-electron chi connectivity index (χ4n) is 0.270. The molecule has 0 saturated heterocycles. The molecule has 0 rings (SSSR count). The Morgan fingerprint density at radius 1 is 1.27 bits per heavy atom. The first-order valence-corrected chi connectivity index (χ1v) is 3.56. The Kier molecular flexibility index (Phi) is 3.23. The van der Waals surface area contributed by atoms with Crippen LogP contribution in [0.2, 0.25) is 0 Å². The van der Waals surface area contributed by atoms with Crippen LogP contribution in [0.4, 0.5) is 0 Å². The SMILES string of the molecule is CC(=O)O/N=C(\C)C(C)(C)C. The van der Waals surface area contributed by atoms with Crippen molar-refractivity contribution in [1.29, 1.82) is 0 Å². The van der Waals surface area contributed by atoms with Crippen LogP contribution in [-0.2, 0) is 9.63 Å². The van der Waals surface area contributed by atoms with E-state index in [1.807, 2.05) is 27.7 Å². The molecule has 0 amide bonds. The first kappa shape index (κ1) is 10.1. The molecule has 0 aromatic rings. The minimum atomic E-state index is -0.381. The highest BCUT2D eigenvalue weighted by molar-refractivity contribution is 5.86. The first-order chi connectivity index (χ1) is 4.84. The lowest BCUT2D eigenvalue weighted by Gasteiger charge is -2.16. The second-order valence-electron chi connectivity index (χ2n) is 3.51. The molecule has 11 heavy (non-hydrogen) atoms. The van der Waals surface area contributed by atoms with Crippen molar-refractivity contribution in [3.8, 4) is 0 Å². The maximum absolute atomic E-state index is 10.3. The molecule has 0 N–H and O–H groups in total. The van der Waals surface area contributed by atoms with Crippen molar-refractivity contribution >= 4 is 11.7 Å². The Hall–Kier alpha value is -0.860. The molecule has 3 heteroatoms. The third kappa shape index (κ3) is 4.53. The summed E-state index contributed by atoms with van der Waals surface area (Å²) in [5.41, 5.74) is 0.780. The van der Waals surface area contributed by atoms with E-state index in [1.165, 1.54) is 6.92 Å². The van der Waals surface area contributed by atoms with Crippen LogP contribution in [0.3, 0.4) is 0 Å². The van der Waals surface area contributed by atoms with Crippen molar-refractivity contribution in [3.63, 3.8) is 0 Å². The fraction of sp³-hybridized carbons (Fsp3) is 0.750. The van der Waals surface area contributed by atoms with Crippen LogP contribution in [0.25, 0.3) is 0 Å². The molecule has 3 nitrogen and oxygen atoms in total. The molecule has 0 spiro atoms. The van der Waals surface area contributed by atoms with Gasteiger partial charge in [0.2, 0.25) is 0 Å². The van der Waals surface area contributed by atoms with E-state index >= 15 is 0 Å². The topological polar surface area (TPSA) is 38.7 Å². The highest BCUT2D eigenvalue weighted by Gasteiger charge is 2.14. The number of carbonyl (C=O) groups is 1. The fourth-order valence-corrected chi connectivity index (χ4v) is 0.270. The Morgan fingerprint density at radius 2 is 1.73 bits per heavy atom. The molecule has 0 aliphatic carbocycles. The molecule has 0 aromatic heterocycles. The lowest BCUT2D eigenvalue weighted by molar-refractivity contribution is -0.141. The zero-order chi connectivity index (χ0) is 9.07. The second kappa shape index (κ2) is 3.51. The van der Waals surface area contributed by atoms with Crippen molar-refractivity contribution in [3.05, 3.63) is 0 Å². The maximum atomic E-state index is 10.3. The van der Waals surface area contributed by atoms with Gasteiger partial charge in [-0.3, -0.25) is 0 Å². The van der Waals surface area contributed by atoms with Crippen molar-refractivity contribution in [2.24, 2.45) is 10.6 Å². The van der Waals surface area contributed by atoms with E-state index in [0.717, 1.165) is 5.71 Å². The Balaban J connectivity index is 4.12. The van der Waals surface area contributed by atoms with Crippen LogP contribution < -0.4 is 0 Å². The molecule has 0 fully saturated rings. The summed E-state index contributed by atoms with van der Waals surface area (Å²) >= 11 is 0. The molecule has 0 unspecified atom stereocenters. The summed E-state index contributed by atoms with van der Waals surface area (Å²) < 4.78 is 0. The molecule has 0 atom stereocenters. The van der Waals surface area contributed by atoms with E-state index in [-0.39, 0.29) is 11.4 Å². The summed E-state index contributed by atoms with van der Waals surface area (Å²) in [7, 11) is 0. The van der Waals surface area contributed by atoms with Gasteiger partial charge in [-0.15, -0.1) is 0 Å². The molecular formula is C8H15NO2. The van der Waals surface area contributed by atoms with Crippen LogP contribution in [-0.4, -0.2) is 11.7 Å². The van der Waals surface area contributed by atoms with Crippen LogP contribution in [0, 0.1) is 5.41 Å². The predicted molar refractivity (Wildman–Crippen MR) is 44.3 cm³/mol. The summed E-state index contributed by atoms with van der Waals surface area (Å²) in [6.45, 7) is 9.20. The van der Waals surface area contributed by atoms with Crippen molar-refractivity contribution in [2.45, 2.75) is 34.6 Å². The van der Waals surface area contributed by atoms with Gasteiger partial charge in [-0.05, 0) is 6.92 Å². The van der Waals surface area contributed by atoms with Gasteiger partial charge in [0.15, 0.2) is 0 Å². The van der Waals surface area contributed by atoms with Crippen LogP contribution >= 0.6 is 0 Å². The van der Waals surface area contributed by atoms with Crippen molar-refractivity contribution in [1.82, 2.24) is 0 Å². The highest BCUT2D eigenvalue weighted by atomic mass is 16.7. The molecule has 0 aliphatic heterocycles. The second-order valence-corrected chi connectivity index (χ2v) is 3.51. The van der Waals surface area contributed by atoms with Gasteiger partial charge < -0.3 is 4.84 Å². The number of oxime groups is 1. The Morgan fingerprint density at radius 3 is 2.00 bits per heavy atom. The lowest BCUT2D eigenvalue weighted by atomic mass is 9.91. The van der Waals surface area contributed by atoms with Crippen LogP contribution in [0.5, 0.6) is 0 Å². The number of hydrogen-bond acceptors (Lipinski definition) is 3. The molecule has 0 radical (unpaired) electrons. The monoisotopic (exact) mass is 157 g/mol. The molecular weight excluding hydrogens is 142 g/mol. The number of hydrogen-bond donors (Lipinski definition) is 0. The smallest absolute Gasteiger partial charge is 0.319 e. The summed E-state index contributed by atoms with van der Waals surface area (Å²) in [6.07, 6.45) is 0. The standard InChI is InChI=1S/C8H15NO2/c1-6(8(3,4)5)9-11-7(2)10/h1-5H3/b9-6+. The van der Waals surface area contributed by atoms with Gasteiger partial charge in [0.1, 0.15) is 0 Å². The zero-order valence-electron chi connectivity index (χ0n) is 7.76. The average molecular weight is 157 g/mol. The Bertz CT molecular complexity index is 177. The molecule has 0 saturated carbocycles. The van der Waals surface area contributed by atoms with Gasteiger partial charge in [0, 0.05) is 12.3 Å². The van der Waals surface area contributed by atoms with E-state index in [2.05, 4.69) is 9.99 Å². The largest absolute Gasteiger partial charge is 0.331 e. The quantitative estimate of drug-likeness (QED) is 0.331. The molecule has 0 aromatic carbocycles. The van der Waals surface area contributed by atoms with Crippen molar-refractivity contribution in [2.75, 3.05) is 0 Å². The van der Waals surface area contributed by atoms with Gasteiger partial charge in [-0.1, -0.05) is 25.9 Å². The molecule has 64 valence electrons. The third-order valence-electron chi connectivity index (χ3n) is 1.40. The van der Waals surface area contributed by atoms with E-state index in [4.69, 9.17) is 0 Å². The minimum Gasteiger partial charge on any atom is -0.319 e. The average Bonchev–Trinajstić information content (AvgIpc) is 1.80. The van der Waals surface area contributed by atoms with Gasteiger partial charge in [0.25, 0.3) is 0 Å². The van der Waals surface area contributed by atoms with Gasteiger partial charge in [0.05, 0.1) is 5.71 Å². The molecule has 0 aliphatic rings. The van der Waals surface area contributed by atoms with E-state index in [9.17, 15) is 4.79 Å². The summed E-state index contributed by atoms with van der Waals surface area (Å²) in [5.74, 6) is -0.381. The summed E-state index contributed by atoms with van der Waals surface area (Å²) in [5, 5.41) is 3.66. The highest BCUT2D eigenvalue weighted by Crippen LogP contribution is 2.15. The normalized spacial score (nSPS) is 13.0. The Labute approximate surface area is 67.4 Å². The van der Waals surface area contributed by atoms with Crippen LogP contribution in [0.15, 0.2) is 5.16 Å². The third-order valence-corrected chi connectivity index (χ3v) is 1.40. The van der Waals surface area contributed by atoms with Crippen molar-refractivity contribution < 1.29 is 9.63 Å². The number of rotatable bonds is 1. The van der Waals surface area contributed by atoms with E-state index in [0.29, 0.717) is 0 Å². The number of nitrogens with zero attached hydrogens (tertiary/aromatic N) is 1. The summed E-state index contributed by atoms with van der Waals surface area (Å²) in [4.78, 5) is 14.8. The lowest BCUT2D eigenvalue weighted by Crippen LogP contribution is -2.17. The maximum Gasteiger partial charge on any atom is 0.331 e. The summed E-state index contributed by atoms with van der Waals surface area (Å²) in [6, 6.07) is 0. The van der Waals surface area contributed by atoms with Gasteiger partial charge >= 0.3 is 5.97 Å². The first-order valence-electron chi connectivity index (χ1n) is 3.56. The number of carbonyl (C=O) groups excluding carboxylic acids is 1. The molecule has 0 heterocycles.